The lowest BCUT2D eigenvalue weighted by Gasteiger charge is -2.28. The molecule has 3 aromatic rings. The van der Waals surface area contributed by atoms with E-state index in [1.165, 1.54) is 21.3 Å². The zero-order valence-corrected chi connectivity index (χ0v) is 17.7. The molecule has 4 rings (SSSR count). The molecule has 0 saturated carbocycles. The molecule has 0 fully saturated rings. The lowest BCUT2D eigenvalue weighted by atomic mass is 9.94. The van der Waals surface area contributed by atoms with Gasteiger partial charge in [0, 0.05) is 11.3 Å². The van der Waals surface area contributed by atoms with E-state index >= 15 is 0 Å². The summed E-state index contributed by atoms with van der Waals surface area (Å²) in [6, 6.07) is 12.5. The molecule has 1 aliphatic rings. The number of nitrogens with one attached hydrogen (secondary N) is 1. The summed E-state index contributed by atoms with van der Waals surface area (Å²) in [5.74, 6) is 1.83. The second kappa shape index (κ2) is 8.02. The summed E-state index contributed by atoms with van der Waals surface area (Å²) in [5.41, 5.74) is 8.29. The minimum absolute atomic E-state index is 0.367. The Kier molecular flexibility index (Phi) is 5.24. The number of nitrogens with two attached hydrogens (primary N) is 1. The second-order valence-corrected chi connectivity index (χ2v) is 6.96. The number of amides is 1. The van der Waals surface area contributed by atoms with Crippen LogP contribution < -0.4 is 25.3 Å². The van der Waals surface area contributed by atoms with Gasteiger partial charge in [-0.25, -0.2) is 4.68 Å². The molecule has 0 spiro atoms. The van der Waals surface area contributed by atoms with Crippen LogP contribution >= 0.6 is 0 Å². The number of carbonyl (C=O) groups excluding carboxylic acids is 1. The lowest BCUT2D eigenvalue weighted by molar-refractivity contribution is -0.115. The van der Waals surface area contributed by atoms with Crippen LogP contribution in [0, 0.1) is 0 Å². The Hall–Kier alpha value is -4.01. The maximum atomic E-state index is 12.4. The van der Waals surface area contributed by atoms with Crippen molar-refractivity contribution in [3.8, 4) is 28.6 Å². The molecule has 2 heterocycles. The standard InChI is InChI=1S/C22H23N5O4/c1-12-17(20(23)28)18(14-10-15(29-2)19(31-4)16(11-14)30-3)27-22(24-12)25-21(26-27)13-8-6-5-7-9-13/h5-11,18H,1-4H3,(H2,23,28)(H,24,25,26). The summed E-state index contributed by atoms with van der Waals surface area (Å²) in [7, 11) is 4.60. The molecule has 2 aromatic carbocycles. The van der Waals surface area contributed by atoms with E-state index in [2.05, 4.69) is 15.4 Å². The van der Waals surface area contributed by atoms with Crippen LogP contribution in [-0.2, 0) is 4.79 Å². The number of benzene rings is 2. The number of anilines is 1. The molecule has 0 radical (unpaired) electrons. The molecule has 0 saturated heterocycles. The number of fused-ring (bicyclic) bond motifs is 1. The first-order chi connectivity index (χ1) is 15.0. The van der Waals surface area contributed by atoms with Crippen molar-refractivity contribution in [3.05, 3.63) is 59.3 Å². The largest absolute Gasteiger partial charge is 0.493 e. The zero-order chi connectivity index (χ0) is 22.1. The topological polar surface area (TPSA) is 114 Å². The van der Waals surface area contributed by atoms with Crippen molar-refractivity contribution in [2.24, 2.45) is 5.73 Å². The van der Waals surface area contributed by atoms with Gasteiger partial charge in [0.25, 0.3) is 0 Å². The van der Waals surface area contributed by atoms with E-state index in [1.54, 1.807) is 23.7 Å². The average molecular weight is 421 g/mol. The third-order valence-corrected chi connectivity index (χ3v) is 5.15. The molecule has 9 heteroatoms. The first kappa shape index (κ1) is 20.3. The van der Waals surface area contributed by atoms with Gasteiger partial charge in [-0.05, 0) is 24.6 Å². The van der Waals surface area contributed by atoms with E-state index in [0.29, 0.717) is 45.9 Å². The summed E-state index contributed by atoms with van der Waals surface area (Å²) in [6.45, 7) is 1.78. The maximum absolute atomic E-state index is 12.4. The number of carbonyl (C=O) groups is 1. The molecule has 1 amide bonds. The number of allylic oxidation sites excluding steroid dienone is 1. The van der Waals surface area contributed by atoms with E-state index in [1.807, 2.05) is 30.3 Å². The normalized spacial score (nSPS) is 15.2. The summed E-state index contributed by atoms with van der Waals surface area (Å²) in [6.07, 6.45) is 0. The highest BCUT2D eigenvalue weighted by atomic mass is 16.5. The Bertz CT molecular complexity index is 1140. The van der Waals surface area contributed by atoms with Crippen molar-refractivity contribution in [1.29, 1.82) is 0 Å². The van der Waals surface area contributed by atoms with Gasteiger partial charge in [0.15, 0.2) is 17.3 Å². The predicted molar refractivity (Wildman–Crippen MR) is 115 cm³/mol. The highest BCUT2D eigenvalue weighted by molar-refractivity contribution is 5.95. The van der Waals surface area contributed by atoms with Gasteiger partial charge < -0.3 is 25.3 Å². The molecule has 9 nitrogen and oxygen atoms in total. The third-order valence-electron chi connectivity index (χ3n) is 5.15. The highest BCUT2D eigenvalue weighted by Crippen LogP contribution is 2.43. The van der Waals surface area contributed by atoms with E-state index in [9.17, 15) is 4.79 Å². The van der Waals surface area contributed by atoms with E-state index < -0.39 is 11.9 Å². The van der Waals surface area contributed by atoms with Gasteiger partial charge in [-0.15, -0.1) is 5.10 Å². The van der Waals surface area contributed by atoms with Crippen molar-refractivity contribution in [2.75, 3.05) is 26.6 Å². The molecular formula is C22H23N5O4. The first-order valence-corrected chi connectivity index (χ1v) is 9.58. The molecular weight excluding hydrogens is 398 g/mol. The quantitative estimate of drug-likeness (QED) is 0.629. The Labute approximate surface area is 179 Å². The van der Waals surface area contributed by atoms with Gasteiger partial charge in [-0.3, -0.25) is 4.79 Å². The summed E-state index contributed by atoms with van der Waals surface area (Å²) in [5, 5.41) is 7.83. The molecule has 0 bridgehead atoms. The number of rotatable bonds is 6. The summed E-state index contributed by atoms with van der Waals surface area (Å²) in [4.78, 5) is 17.1. The molecule has 160 valence electrons. The van der Waals surface area contributed by atoms with Gasteiger partial charge in [0.1, 0.15) is 6.04 Å². The van der Waals surface area contributed by atoms with Crippen molar-refractivity contribution in [1.82, 2.24) is 14.8 Å². The SMILES string of the molecule is COc1cc(C2C(C(N)=O)=C(C)Nc3nc(-c4ccccc4)nn32)cc(OC)c1OC. The molecule has 1 atom stereocenters. The van der Waals surface area contributed by atoms with Gasteiger partial charge in [0.05, 0.1) is 26.9 Å². The summed E-state index contributed by atoms with van der Waals surface area (Å²) < 4.78 is 18.1. The fourth-order valence-corrected chi connectivity index (χ4v) is 3.75. The maximum Gasteiger partial charge on any atom is 0.248 e. The van der Waals surface area contributed by atoms with E-state index in [0.717, 1.165) is 5.56 Å². The molecule has 1 aliphatic heterocycles. The fourth-order valence-electron chi connectivity index (χ4n) is 3.75. The number of hydrogen-bond acceptors (Lipinski definition) is 7. The van der Waals surface area contributed by atoms with Crippen molar-refractivity contribution < 1.29 is 19.0 Å². The Morgan fingerprint density at radius 2 is 1.71 bits per heavy atom. The Balaban J connectivity index is 1.94. The number of hydrogen-bond donors (Lipinski definition) is 2. The molecule has 0 aliphatic carbocycles. The minimum Gasteiger partial charge on any atom is -0.493 e. The number of nitrogens with zero attached hydrogens (tertiary/aromatic N) is 3. The van der Waals surface area contributed by atoms with Crippen molar-refractivity contribution >= 4 is 11.9 Å². The van der Waals surface area contributed by atoms with Crippen LogP contribution in [0.3, 0.4) is 0 Å². The predicted octanol–water partition coefficient (Wildman–Crippen LogP) is 2.75. The lowest BCUT2D eigenvalue weighted by Crippen LogP contribution is -2.31. The molecule has 31 heavy (non-hydrogen) atoms. The average Bonchev–Trinajstić information content (AvgIpc) is 3.21. The summed E-state index contributed by atoms with van der Waals surface area (Å²) >= 11 is 0. The van der Waals surface area contributed by atoms with E-state index in [-0.39, 0.29) is 0 Å². The number of primary amides is 1. The van der Waals surface area contributed by atoms with Crippen LogP contribution in [0.1, 0.15) is 18.5 Å². The van der Waals surface area contributed by atoms with Crippen LogP contribution in [0.2, 0.25) is 0 Å². The van der Waals surface area contributed by atoms with Crippen LogP contribution in [0.25, 0.3) is 11.4 Å². The monoisotopic (exact) mass is 421 g/mol. The number of methoxy groups -OCH3 is 3. The Morgan fingerprint density at radius 1 is 1.06 bits per heavy atom. The van der Waals surface area contributed by atoms with Crippen LogP contribution in [0.5, 0.6) is 17.2 Å². The first-order valence-electron chi connectivity index (χ1n) is 9.58. The highest BCUT2D eigenvalue weighted by Gasteiger charge is 2.34. The molecule has 1 unspecified atom stereocenters. The Morgan fingerprint density at radius 3 is 2.26 bits per heavy atom. The third kappa shape index (κ3) is 3.43. The van der Waals surface area contributed by atoms with Crippen LogP contribution in [0.15, 0.2) is 53.7 Å². The van der Waals surface area contributed by atoms with Crippen LogP contribution in [0.4, 0.5) is 5.95 Å². The smallest absolute Gasteiger partial charge is 0.248 e. The van der Waals surface area contributed by atoms with Crippen molar-refractivity contribution in [3.63, 3.8) is 0 Å². The molecule has 3 N–H and O–H groups in total. The van der Waals surface area contributed by atoms with Crippen LogP contribution in [-0.4, -0.2) is 42.0 Å². The van der Waals surface area contributed by atoms with Gasteiger partial charge in [-0.1, -0.05) is 30.3 Å². The van der Waals surface area contributed by atoms with Gasteiger partial charge >= 0.3 is 0 Å². The van der Waals surface area contributed by atoms with Gasteiger partial charge in [-0.2, -0.15) is 4.98 Å². The zero-order valence-electron chi connectivity index (χ0n) is 17.7. The fraction of sp³-hybridized carbons (Fsp3) is 0.227. The second-order valence-electron chi connectivity index (χ2n) is 6.96. The molecule has 1 aromatic heterocycles. The van der Waals surface area contributed by atoms with E-state index in [4.69, 9.17) is 19.9 Å². The van der Waals surface area contributed by atoms with Crippen molar-refractivity contribution in [2.45, 2.75) is 13.0 Å². The van der Waals surface area contributed by atoms with Gasteiger partial charge in [0.2, 0.25) is 17.6 Å². The number of ether oxygens (including phenoxy) is 3. The number of aromatic nitrogens is 3. The minimum atomic E-state index is -0.632.